The second-order valence-corrected chi connectivity index (χ2v) is 8.21. The number of anilines is 2. The van der Waals surface area contributed by atoms with E-state index in [0.29, 0.717) is 28.6 Å². The lowest BCUT2D eigenvalue weighted by atomic mass is 10.2. The lowest BCUT2D eigenvalue weighted by Crippen LogP contribution is -2.22. The standard InChI is InChI=1S/C23H24Cl2N2O6/c1-14(2)12-33-23(31)15-6-8-16(9-7-15)26-20(29)13-32-21(30)11-10-19(28)27-18-5-3-4-17(24)22(18)25/h3-9,14H,10-13H2,1-2H3,(H,26,29)(H,27,28). The van der Waals surface area contributed by atoms with E-state index in [-0.39, 0.29) is 23.8 Å². The third-order valence-electron chi connectivity index (χ3n) is 4.10. The number of hydrogen-bond donors (Lipinski definition) is 2. The quantitative estimate of drug-likeness (QED) is 0.462. The second-order valence-electron chi connectivity index (χ2n) is 7.43. The number of hydrogen-bond acceptors (Lipinski definition) is 6. The number of carbonyl (C=O) groups excluding carboxylic acids is 4. The van der Waals surface area contributed by atoms with Gasteiger partial charge in [-0.2, -0.15) is 0 Å². The van der Waals surface area contributed by atoms with Crippen LogP contribution >= 0.6 is 23.2 Å². The van der Waals surface area contributed by atoms with Gasteiger partial charge in [-0.15, -0.1) is 0 Å². The normalized spacial score (nSPS) is 10.5. The molecule has 0 atom stereocenters. The van der Waals surface area contributed by atoms with Gasteiger partial charge in [0.25, 0.3) is 5.91 Å². The second kappa shape index (κ2) is 12.8. The zero-order chi connectivity index (χ0) is 24.4. The van der Waals surface area contributed by atoms with E-state index in [1.54, 1.807) is 18.2 Å². The minimum absolute atomic E-state index is 0.155. The summed E-state index contributed by atoms with van der Waals surface area (Å²) in [5.41, 5.74) is 1.12. The lowest BCUT2D eigenvalue weighted by molar-refractivity contribution is -0.147. The third-order valence-corrected chi connectivity index (χ3v) is 4.92. The summed E-state index contributed by atoms with van der Waals surface area (Å²) in [6.45, 7) is 3.67. The SMILES string of the molecule is CC(C)COC(=O)c1ccc(NC(=O)COC(=O)CCC(=O)Nc2cccc(Cl)c2Cl)cc1. The summed E-state index contributed by atoms with van der Waals surface area (Å²) in [7, 11) is 0. The van der Waals surface area contributed by atoms with Crippen LogP contribution in [0.2, 0.25) is 10.0 Å². The van der Waals surface area contributed by atoms with Crippen molar-refractivity contribution in [1.82, 2.24) is 0 Å². The average molecular weight is 495 g/mol. The van der Waals surface area contributed by atoms with Crippen LogP contribution in [0.25, 0.3) is 0 Å². The van der Waals surface area contributed by atoms with Crippen molar-refractivity contribution in [3.8, 4) is 0 Å². The van der Waals surface area contributed by atoms with Crippen molar-refractivity contribution in [2.75, 3.05) is 23.8 Å². The van der Waals surface area contributed by atoms with Gasteiger partial charge < -0.3 is 20.1 Å². The lowest BCUT2D eigenvalue weighted by Gasteiger charge is -2.09. The number of rotatable bonds is 10. The fourth-order valence-corrected chi connectivity index (χ4v) is 2.81. The van der Waals surface area contributed by atoms with Crippen LogP contribution in [0.3, 0.4) is 0 Å². The molecule has 10 heteroatoms. The highest BCUT2D eigenvalue weighted by atomic mass is 35.5. The van der Waals surface area contributed by atoms with E-state index in [0.717, 1.165) is 0 Å². The first-order chi connectivity index (χ1) is 15.7. The molecule has 0 saturated carbocycles. The molecule has 176 valence electrons. The smallest absolute Gasteiger partial charge is 0.338 e. The van der Waals surface area contributed by atoms with Gasteiger partial charge in [0.2, 0.25) is 5.91 Å². The summed E-state index contributed by atoms with van der Waals surface area (Å²) in [6.07, 6.45) is -0.373. The van der Waals surface area contributed by atoms with Crippen LogP contribution < -0.4 is 10.6 Å². The fourth-order valence-electron chi connectivity index (χ4n) is 2.46. The summed E-state index contributed by atoms with van der Waals surface area (Å²) >= 11 is 11.9. The Hall–Kier alpha value is -3.10. The van der Waals surface area contributed by atoms with Crippen molar-refractivity contribution in [2.45, 2.75) is 26.7 Å². The monoisotopic (exact) mass is 494 g/mol. The van der Waals surface area contributed by atoms with Gasteiger partial charge in [0.05, 0.1) is 34.3 Å². The molecule has 2 amide bonds. The van der Waals surface area contributed by atoms with Gasteiger partial charge in [-0.1, -0.05) is 43.1 Å². The van der Waals surface area contributed by atoms with Crippen molar-refractivity contribution in [3.05, 3.63) is 58.1 Å². The predicted octanol–water partition coefficient (Wildman–Crippen LogP) is 4.71. The maximum absolute atomic E-state index is 12.0. The number of halogens is 2. The van der Waals surface area contributed by atoms with Crippen LogP contribution in [0.5, 0.6) is 0 Å². The zero-order valence-electron chi connectivity index (χ0n) is 18.2. The van der Waals surface area contributed by atoms with E-state index in [2.05, 4.69) is 10.6 Å². The summed E-state index contributed by atoms with van der Waals surface area (Å²) in [5, 5.41) is 5.60. The van der Waals surface area contributed by atoms with Crippen LogP contribution in [0, 0.1) is 5.92 Å². The molecule has 0 unspecified atom stereocenters. The molecule has 0 aliphatic rings. The summed E-state index contributed by atoms with van der Waals surface area (Å²) in [4.78, 5) is 47.7. The molecule has 2 N–H and O–H groups in total. The first-order valence-corrected chi connectivity index (χ1v) is 10.9. The molecule has 0 fully saturated rings. The molecule has 0 spiro atoms. The Morgan fingerprint density at radius 3 is 2.24 bits per heavy atom. The van der Waals surface area contributed by atoms with Crippen molar-refractivity contribution < 1.29 is 28.7 Å². The first kappa shape index (κ1) is 26.2. The predicted molar refractivity (Wildman–Crippen MR) is 125 cm³/mol. The number of ether oxygens (including phenoxy) is 2. The maximum atomic E-state index is 12.0. The Morgan fingerprint density at radius 2 is 1.58 bits per heavy atom. The summed E-state index contributed by atoms with van der Waals surface area (Å²) < 4.78 is 10.0. The van der Waals surface area contributed by atoms with Gasteiger partial charge in [0.15, 0.2) is 6.61 Å². The van der Waals surface area contributed by atoms with E-state index in [4.69, 9.17) is 32.7 Å². The summed E-state index contributed by atoms with van der Waals surface area (Å²) in [6, 6.07) is 10.9. The number of nitrogens with one attached hydrogen (secondary N) is 2. The molecule has 0 bridgehead atoms. The molecule has 0 radical (unpaired) electrons. The zero-order valence-corrected chi connectivity index (χ0v) is 19.7. The Labute approximate surface area is 201 Å². The highest BCUT2D eigenvalue weighted by Gasteiger charge is 2.13. The number of benzene rings is 2. The molecule has 0 heterocycles. The minimum Gasteiger partial charge on any atom is -0.462 e. The van der Waals surface area contributed by atoms with Crippen molar-refractivity contribution in [2.24, 2.45) is 5.92 Å². The van der Waals surface area contributed by atoms with Gasteiger partial charge in [-0.25, -0.2) is 4.79 Å². The molecule has 2 aromatic carbocycles. The van der Waals surface area contributed by atoms with Gasteiger partial charge in [0, 0.05) is 12.1 Å². The van der Waals surface area contributed by atoms with Crippen LogP contribution in [-0.2, 0) is 23.9 Å². The van der Waals surface area contributed by atoms with Crippen molar-refractivity contribution in [1.29, 1.82) is 0 Å². The molecule has 8 nitrogen and oxygen atoms in total. The van der Waals surface area contributed by atoms with Crippen LogP contribution in [0.15, 0.2) is 42.5 Å². The minimum atomic E-state index is -0.708. The van der Waals surface area contributed by atoms with E-state index < -0.39 is 30.4 Å². The van der Waals surface area contributed by atoms with Crippen molar-refractivity contribution in [3.63, 3.8) is 0 Å². The molecule has 0 aliphatic heterocycles. The molecule has 2 aromatic rings. The Bertz CT molecular complexity index is 1010. The summed E-state index contributed by atoms with van der Waals surface area (Å²) in [5.74, 6) is -1.94. The maximum Gasteiger partial charge on any atom is 0.338 e. The molecular weight excluding hydrogens is 471 g/mol. The van der Waals surface area contributed by atoms with Gasteiger partial charge in [-0.3, -0.25) is 14.4 Å². The Morgan fingerprint density at radius 1 is 0.879 bits per heavy atom. The van der Waals surface area contributed by atoms with E-state index in [1.807, 2.05) is 13.8 Å². The first-order valence-electron chi connectivity index (χ1n) is 10.1. The van der Waals surface area contributed by atoms with Gasteiger partial charge >= 0.3 is 11.9 Å². The Kier molecular flexibility index (Phi) is 10.2. The highest BCUT2D eigenvalue weighted by molar-refractivity contribution is 6.44. The topological polar surface area (TPSA) is 111 Å². The fraction of sp³-hybridized carbons (Fsp3) is 0.304. The molecule has 0 aromatic heterocycles. The molecule has 0 saturated heterocycles. The molecule has 33 heavy (non-hydrogen) atoms. The average Bonchev–Trinajstić information content (AvgIpc) is 2.78. The largest absolute Gasteiger partial charge is 0.462 e. The third kappa shape index (κ3) is 9.11. The molecule has 0 aliphatic carbocycles. The van der Waals surface area contributed by atoms with E-state index in [1.165, 1.54) is 24.3 Å². The van der Waals surface area contributed by atoms with Crippen LogP contribution in [-0.4, -0.2) is 37.0 Å². The van der Waals surface area contributed by atoms with Crippen molar-refractivity contribution >= 4 is 58.3 Å². The van der Waals surface area contributed by atoms with Gasteiger partial charge in [0.1, 0.15) is 0 Å². The van der Waals surface area contributed by atoms with Crippen LogP contribution in [0.1, 0.15) is 37.0 Å². The Balaban J connectivity index is 1.71. The highest BCUT2D eigenvalue weighted by Crippen LogP contribution is 2.29. The van der Waals surface area contributed by atoms with Gasteiger partial charge in [-0.05, 0) is 42.3 Å². The van der Waals surface area contributed by atoms with E-state index in [9.17, 15) is 19.2 Å². The molecular formula is C23H24Cl2N2O6. The number of amides is 2. The van der Waals surface area contributed by atoms with Crippen LogP contribution in [0.4, 0.5) is 11.4 Å². The number of carbonyl (C=O) groups is 4. The van der Waals surface area contributed by atoms with E-state index >= 15 is 0 Å². The molecule has 2 rings (SSSR count). The number of esters is 2.